The predicted octanol–water partition coefficient (Wildman–Crippen LogP) is 18.7. The van der Waals surface area contributed by atoms with Crippen LogP contribution in [0.5, 0.6) is 0 Å². The molecule has 0 radical (unpaired) electrons. The Balaban J connectivity index is 3.43. The minimum atomic E-state index is -0.674. The summed E-state index contributed by atoms with van der Waals surface area (Å²) in [5.41, 5.74) is 0. The van der Waals surface area contributed by atoms with Gasteiger partial charge in [-0.2, -0.15) is 0 Å². The van der Waals surface area contributed by atoms with E-state index in [-0.39, 0.29) is 18.5 Å². The Morgan fingerprint density at radius 1 is 0.364 bits per heavy atom. The zero-order chi connectivity index (χ0) is 47.9. The van der Waals surface area contributed by atoms with Gasteiger partial charge in [-0.3, -0.25) is 9.59 Å². The first-order valence-corrected chi connectivity index (χ1v) is 30.3. The van der Waals surface area contributed by atoms with Crippen molar-refractivity contribution >= 4 is 11.9 Å². The first-order valence-electron chi connectivity index (χ1n) is 30.3. The molecule has 0 saturated heterocycles. The molecule has 0 spiro atoms. The number of carbonyl (C=O) groups is 2. The lowest BCUT2D eigenvalue weighted by molar-refractivity contribution is -0.143. The second kappa shape index (κ2) is 56.4. The fourth-order valence-corrected chi connectivity index (χ4v) is 9.76. The molecule has 394 valence electrons. The van der Waals surface area contributed by atoms with Gasteiger partial charge in [-0.1, -0.05) is 309 Å². The molecule has 0 aromatic heterocycles. The van der Waals surface area contributed by atoms with E-state index in [0.717, 1.165) is 57.8 Å². The van der Waals surface area contributed by atoms with Gasteiger partial charge in [-0.15, -0.1) is 0 Å². The van der Waals surface area contributed by atoms with Crippen LogP contribution >= 0.6 is 0 Å². The van der Waals surface area contributed by atoms with Crippen molar-refractivity contribution in [1.29, 1.82) is 0 Å². The maximum absolute atomic E-state index is 12.5. The van der Waals surface area contributed by atoms with Crippen molar-refractivity contribution in [1.82, 2.24) is 5.32 Å². The van der Waals surface area contributed by atoms with Crippen LogP contribution in [0.4, 0.5) is 0 Å². The van der Waals surface area contributed by atoms with Gasteiger partial charge in [0, 0.05) is 12.8 Å². The van der Waals surface area contributed by atoms with Gasteiger partial charge in [-0.25, -0.2) is 0 Å². The average molecular weight is 935 g/mol. The van der Waals surface area contributed by atoms with Crippen molar-refractivity contribution in [3.8, 4) is 0 Å². The van der Waals surface area contributed by atoms with Crippen LogP contribution in [0.15, 0.2) is 0 Å². The highest BCUT2D eigenvalue weighted by molar-refractivity contribution is 5.76. The number of aliphatic hydroxyl groups excluding tert-OH is 2. The number of amides is 1. The molecule has 0 fully saturated rings. The molecule has 3 N–H and O–H groups in total. The molecule has 0 aromatic rings. The Morgan fingerprint density at radius 3 is 0.924 bits per heavy atom. The molecule has 2 atom stereocenters. The predicted molar refractivity (Wildman–Crippen MR) is 287 cm³/mol. The maximum atomic E-state index is 12.5. The van der Waals surface area contributed by atoms with Crippen molar-refractivity contribution in [2.45, 2.75) is 360 Å². The quantitative estimate of drug-likeness (QED) is 0.0417. The van der Waals surface area contributed by atoms with Crippen LogP contribution in [-0.4, -0.2) is 47.4 Å². The third-order valence-corrected chi connectivity index (χ3v) is 14.4. The van der Waals surface area contributed by atoms with Crippen LogP contribution in [-0.2, 0) is 14.3 Å². The van der Waals surface area contributed by atoms with Gasteiger partial charge in [0.2, 0.25) is 5.91 Å². The van der Waals surface area contributed by atoms with E-state index in [2.05, 4.69) is 19.2 Å². The molecule has 0 aliphatic heterocycles. The van der Waals surface area contributed by atoms with Gasteiger partial charge >= 0.3 is 5.97 Å². The van der Waals surface area contributed by atoms with E-state index in [9.17, 15) is 19.8 Å². The summed E-state index contributed by atoms with van der Waals surface area (Å²) in [5.74, 6) is -0.0503. The highest BCUT2D eigenvalue weighted by atomic mass is 16.5. The third kappa shape index (κ3) is 52.2. The van der Waals surface area contributed by atoms with E-state index in [1.54, 1.807) is 0 Å². The summed E-state index contributed by atoms with van der Waals surface area (Å²) in [4.78, 5) is 24.6. The third-order valence-electron chi connectivity index (χ3n) is 14.4. The number of hydrogen-bond donors (Lipinski definition) is 3. The minimum Gasteiger partial charge on any atom is -0.466 e. The zero-order valence-corrected chi connectivity index (χ0v) is 45.0. The molecule has 2 unspecified atom stereocenters. The Kier molecular flexibility index (Phi) is 55.5. The number of carbonyl (C=O) groups excluding carboxylic acids is 2. The summed E-state index contributed by atoms with van der Waals surface area (Å²) in [6.45, 7) is 4.96. The first kappa shape index (κ1) is 64.9. The van der Waals surface area contributed by atoms with E-state index >= 15 is 0 Å². The molecule has 66 heavy (non-hydrogen) atoms. The van der Waals surface area contributed by atoms with Crippen LogP contribution in [0.25, 0.3) is 0 Å². The van der Waals surface area contributed by atoms with Crippen LogP contribution in [0.3, 0.4) is 0 Å². The van der Waals surface area contributed by atoms with E-state index in [1.165, 1.54) is 257 Å². The lowest BCUT2D eigenvalue weighted by atomic mass is 10.0. The molecule has 0 aromatic carbocycles. The number of rotatable bonds is 57. The smallest absolute Gasteiger partial charge is 0.305 e. The van der Waals surface area contributed by atoms with Gasteiger partial charge in [-0.05, 0) is 25.7 Å². The Bertz CT molecular complexity index is 944. The van der Waals surface area contributed by atoms with Crippen molar-refractivity contribution < 1.29 is 24.5 Å². The molecule has 1 amide bonds. The highest BCUT2D eigenvalue weighted by Gasteiger charge is 2.20. The van der Waals surface area contributed by atoms with Crippen LogP contribution < -0.4 is 5.32 Å². The maximum Gasteiger partial charge on any atom is 0.305 e. The summed E-state index contributed by atoms with van der Waals surface area (Å²) in [6, 6.07) is -0.552. The van der Waals surface area contributed by atoms with Crippen molar-refractivity contribution in [3.63, 3.8) is 0 Å². The first-order chi connectivity index (χ1) is 32.5. The normalized spacial score (nSPS) is 12.5. The lowest BCUT2D eigenvalue weighted by Crippen LogP contribution is -2.45. The van der Waals surface area contributed by atoms with Crippen LogP contribution in [0.2, 0.25) is 0 Å². The van der Waals surface area contributed by atoms with Gasteiger partial charge in [0.1, 0.15) is 0 Å². The molecular formula is C60H119NO5. The van der Waals surface area contributed by atoms with E-state index in [4.69, 9.17) is 4.74 Å². The standard InChI is InChI=1S/C60H119NO5/c1-3-5-7-9-11-13-15-17-19-20-21-22-23-24-25-27-28-32-36-40-44-48-52-58(63)57(56-62)61-59(64)53-49-45-41-37-33-30-31-35-39-43-47-51-55-66-60(65)54-50-46-42-38-34-29-26-18-16-14-12-10-8-6-4-2/h57-58,62-63H,3-56H2,1-2H3,(H,61,64). The highest BCUT2D eigenvalue weighted by Crippen LogP contribution is 2.18. The van der Waals surface area contributed by atoms with Crippen molar-refractivity contribution in [2.75, 3.05) is 13.2 Å². The topological polar surface area (TPSA) is 95.9 Å². The van der Waals surface area contributed by atoms with Gasteiger partial charge < -0.3 is 20.3 Å². The Hall–Kier alpha value is -1.14. The molecule has 0 saturated carbocycles. The SMILES string of the molecule is CCCCCCCCCCCCCCCCCCCCCCCCC(O)C(CO)NC(=O)CCCCCCCCCCCCCCOC(=O)CCCCCCCCCCCCCCCCC. The molecule has 0 rings (SSSR count). The average Bonchev–Trinajstić information content (AvgIpc) is 3.32. The molecule has 0 aliphatic rings. The fraction of sp³-hybridized carbons (Fsp3) is 0.967. The second-order valence-electron chi connectivity index (χ2n) is 21.1. The van der Waals surface area contributed by atoms with Gasteiger partial charge in [0.05, 0.1) is 25.4 Å². The van der Waals surface area contributed by atoms with Crippen molar-refractivity contribution in [2.24, 2.45) is 0 Å². The lowest BCUT2D eigenvalue weighted by Gasteiger charge is -2.22. The monoisotopic (exact) mass is 934 g/mol. The summed E-state index contributed by atoms with van der Waals surface area (Å²) in [7, 11) is 0. The summed E-state index contributed by atoms with van der Waals surface area (Å²) >= 11 is 0. The Morgan fingerprint density at radius 2 is 0.621 bits per heavy atom. The molecule has 0 bridgehead atoms. The van der Waals surface area contributed by atoms with E-state index in [1.807, 2.05) is 0 Å². The number of hydrogen-bond acceptors (Lipinski definition) is 5. The number of ether oxygens (including phenoxy) is 1. The second-order valence-corrected chi connectivity index (χ2v) is 21.1. The van der Waals surface area contributed by atoms with Crippen LogP contribution in [0.1, 0.15) is 348 Å². The van der Waals surface area contributed by atoms with Gasteiger partial charge in [0.15, 0.2) is 0 Å². The summed E-state index contributed by atoms with van der Waals surface area (Å²) < 4.78 is 5.48. The van der Waals surface area contributed by atoms with Crippen LogP contribution in [0, 0.1) is 0 Å². The molecular weight excluding hydrogens is 815 g/mol. The fourth-order valence-electron chi connectivity index (χ4n) is 9.76. The van der Waals surface area contributed by atoms with E-state index < -0.39 is 12.1 Å². The Labute approximate surface area is 413 Å². The molecule has 0 aliphatic carbocycles. The van der Waals surface area contributed by atoms with Crippen molar-refractivity contribution in [3.05, 3.63) is 0 Å². The molecule has 0 heterocycles. The zero-order valence-electron chi connectivity index (χ0n) is 45.0. The number of nitrogens with one attached hydrogen (secondary N) is 1. The molecule has 6 nitrogen and oxygen atoms in total. The van der Waals surface area contributed by atoms with E-state index in [0.29, 0.717) is 25.9 Å². The summed E-state index contributed by atoms with van der Waals surface area (Å²) in [5, 5.41) is 23.4. The minimum absolute atomic E-state index is 0.00472. The van der Waals surface area contributed by atoms with Gasteiger partial charge in [0.25, 0.3) is 0 Å². The molecule has 6 heteroatoms. The number of unbranched alkanes of at least 4 members (excludes halogenated alkanes) is 46. The summed E-state index contributed by atoms with van der Waals surface area (Å²) in [6.07, 6.45) is 65.2. The largest absolute Gasteiger partial charge is 0.466 e. The number of esters is 1. The number of aliphatic hydroxyl groups is 2.